The standard InChI is InChI=1S/C9H9N3OS2.ClH/c1-2-15(13)9-12-11-8(14-9)7-3-5-10-6-4-7;/h3-6H,2H2,1H3;1H. The molecule has 1 atom stereocenters. The molecule has 0 saturated heterocycles. The molecule has 2 aromatic heterocycles. The molecule has 0 radical (unpaired) electrons. The number of aromatic nitrogens is 3. The van der Waals surface area contributed by atoms with E-state index in [0.29, 0.717) is 10.1 Å². The fraction of sp³-hybridized carbons (Fsp3) is 0.222. The van der Waals surface area contributed by atoms with Crippen LogP contribution in [0.15, 0.2) is 28.9 Å². The molecule has 0 saturated carbocycles. The van der Waals surface area contributed by atoms with Crippen molar-refractivity contribution in [2.75, 3.05) is 5.75 Å². The van der Waals surface area contributed by atoms with Crippen molar-refractivity contribution in [1.82, 2.24) is 15.2 Å². The number of halogens is 1. The van der Waals surface area contributed by atoms with Crippen molar-refractivity contribution in [3.05, 3.63) is 24.5 Å². The lowest BCUT2D eigenvalue weighted by atomic mass is 10.3. The van der Waals surface area contributed by atoms with Crippen molar-refractivity contribution >= 4 is 34.5 Å². The zero-order chi connectivity index (χ0) is 10.7. The summed E-state index contributed by atoms with van der Waals surface area (Å²) in [5.74, 6) is 0.574. The van der Waals surface area contributed by atoms with Gasteiger partial charge >= 0.3 is 0 Å². The zero-order valence-electron chi connectivity index (χ0n) is 8.49. The largest absolute Gasteiger partial charge is 0.265 e. The van der Waals surface area contributed by atoms with Crippen LogP contribution in [0.1, 0.15) is 6.92 Å². The third-order valence-electron chi connectivity index (χ3n) is 1.79. The first-order valence-corrected chi connectivity index (χ1v) is 6.57. The van der Waals surface area contributed by atoms with Gasteiger partial charge in [0.05, 0.1) is 10.8 Å². The molecule has 4 nitrogen and oxygen atoms in total. The van der Waals surface area contributed by atoms with Gasteiger partial charge in [-0.25, -0.2) is 0 Å². The van der Waals surface area contributed by atoms with Crippen molar-refractivity contribution in [2.24, 2.45) is 0 Å². The van der Waals surface area contributed by atoms with E-state index in [1.165, 1.54) is 11.3 Å². The van der Waals surface area contributed by atoms with Crippen LogP contribution in [0.4, 0.5) is 0 Å². The predicted octanol–water partition coefficient (Wildman–Crippen LogP) is 2.15. The van der Waals surface area contributed by atoms with Crippen molar-refractivity contribution < 1.29 is 4.21 Å². The van der Waals surface area contributed by atoms with Crippen LogP contribution in [0.3, 0.4) is 0 Å². The summed E-state index contributed by atoms with van der Waals surface area (Å²) in [5, 5.41) is 8.70. The molecule has 0 aliphatic heterocycles. The Kier molecular flexibility index (Phi) is 4.98. The maximum atomic E-state index is 11.5. The van der Waals surface area contributed by atoms with Gasteiger partial charge in [0.25, 0.3) is 0 Å². The van der Waals surface area contributed by atoms with Crippen molar-refractivity contribution in [3.8, 4) is 10.6 Å². The van der Waals surface area contributed by atoms with Crippen LogP contribution in [-0.2, 0) is 10.8 Å². The Labute approximate surface area is 106 Å². The maximum Gasteiger partial charge on any atom is 0.204 e. The summed E-state index contributed by atoms with van der Waals surface area (Å²) in [6.45, 7) is 1.86. The van der Waals surface area contributed by atoms with Gasteiger partial charge in [-0.15, -0.1) is 22.6 Å². The van der Waals surface area contributed by atoms with Crippen LogP contribution in [0.2, 0.25) is 0 Å². The first-order chi connectivity index (χ1) is 7.31. The van der Waals surface area contributed by atoms with Crippen LogP contribution < -0.4 is 0 Å². The molecule has 0 amide bonds. The Bertz CT molecular complexity index is 475. The minimum absolute atomic E-state index is 0. The highest BCUT2D eigenvalue weighted by molar-refractivity contribution is 7.87. The summed E-state index contributed by atoms with van der Waals surface area (Å²) < 4.78 is 12.1. The Morgan fingerprint density at radius 3 is 2.62 bits per heavy atom. The number of pyridine rings is 1. The van der Waals surface area contributed by atoms with E-state index >= 15 is 0 Å². The van der Waals surface area contributed by atoms with Gasteiger partial charge in [0.1, 0.15) is 5.01 Å². The van der Waals surface area contributed by atoms with Crippen LogP contribution in [0.5, 0.6) is 0 Å². The summed E-state index contributed by atoms with van der Waals surface area (Å²) in [6.07, 6.45) is 3.40. The Morgan fingerprint density at radius 1 is 1.31 bits per heavy atom. The average molecular weight is 276 g/mol. The second kappa shape index (κ2) is 6.03. The molecule has 1 unspecified atom stereocenters. The fourth-order valence-corrected chi connectivity index (χ4v) is 2.96. The summed E-state index contributed by atoms with van der Waals surface area (Å²) in [4.78, 5) is 3.93. The average Bonchev–Trinajstić information content (AvgIpc) is 2.78. The van der Waals surface area contributed by atoms with Crippen molar-refractivity contribution in [1.29, 1.82) is 0 Å². The molecule has 0 aromatic carbocycles. The zero-order valence-corrected chi connectivity index (χ0v) is 10.9. The van der Waals surface area contributed by atoms with Crippen molar-refractivity contribution in [3.63, 3.8) is 0 Å². The van der Waals surface area contributed by atoms with E-state index in [1.807, 2.05) is 19.1 Å². The highest BCUT2D eigenvalue weighted by Gasteiger charge is 2.10. The van der Waals surface area contributed by atoms with Gasteiger partial charge in [0.15, 0.2) is 0 Å². The molecule has 0 aliphatic rings. The summed E-state index contributed by atoms with van der Waals surface area (Å²) in [5.41, 5.74) is 0.960. The topological polar surface area (TPSA) is 55.7 Å². The van der Waals surface area contributed by atoms with Crippen LogP contribution in [0, 0.1) is 0 Å². The third kappa shape index (κ3) is 2.84. The highest BCUT2D eigenvalue weighted by atomic mass is 35.5. The van der Waals surface area contributed by atoms with E-state index in [0.717, 1.165) is 10.6 Å². The quantitative estimate of drug-likeness (QED) is 0.861. The molecule has 16 heavy (non-hydrogen) atoms. The smallest absolute Gasteiger partial charge is 0.204 e. The van der Waals surface area contributed by atoms with E-state index in [9.17, 15) is 4.21 Å². The van der Waals surface area contributed by atoms with E-state index in [2.05, 4.69) is 15.2 Å². The molecule has 7 heteroatoms. The molecule has 2 aromatic rings. The summed E-state index contributed by atoms with van der Waals surface area (Å²) in [7, 11) is -1.01. The van der Waals surface area contributed by atoms with Gasteiger partial charge in [-0.05, 0) is 12.1 Å². The van der Waals surface area contributed by atoms with Crippen LogP contribution in [0.25, 0.3) is 10.6 Å². The minimum atomic E-state index is -1.01. The fourth-order valence-electron chi connectivity index (χ4n) is 1.04. The number of rotatable bonds is 3. The van der Waals surface area contributed by atoms with Gasteiger partial charge in [0.2, 0.25) is 4.34 Å². The SMILES string of the molecule is CCS(=O)c1nnc(-c2ccncc2)s1.Cl. The molecular formula is C9H10ClN3OS2. The second-order valence-electron chi connectivity index (χ2n) is 2.74. The molecular weight excluding hydrogens is 266 g/mol. The lowest BCUT2D eigenvalue weighted by Gasteiger charge is -1.91. The number of hydrogen-bond acceptors (Lipinski definition) is 5. The summed E-state index contributed by atoms with van der Waals surface area (Å²) >= 11 is 1.37. The molecule has 2 rings (SSSR count). The number of hydrogen-bond donors (Lipinski definition) is 0. The predicted molar refractivity (Wildman–Crippen MR) is 67.3 cm³/mol. The Morgan fingerprint density at radius 2 is 2.00 bits per heavy atom. The lowest BCUT2D eigenvalue weighted by molar-refractivity contribution is 0.682. The maximum absolute atomic E-state index is 11.5. The molecule has 2 heterocycles. The Hall–Kier alpha value is -0.850. The molecule has 0 fully saturated rings. The van der Waals surface area contributed by atoms with Crippen LogP contribution in [-0.4, -0.2) is 25.1 Å². The van der Waals surface area contributed by atoms with E-state index in [-0.39, 0.29) is 12.4 Å². The van der Waals surface area contributed by atoms with E-state index in [1.54, 1.807) is 12.4 Å². The van der Waals surface area contributed by atoms with Gasteiger partial charge in [0, 0.05) is 23.7 Å². The monoisotopic (exact) mass is 275 g/mol. The molecule has 0 bridgehead atoms. The van der Waals surface area contributed by atoms with Gasteiger partial charge < -0.3 is 0 Å². The minimum Gasteiger partial charge on any atom is -0.265 e. The van der Waals surface area contributed by atoms with Gasteiger partial charge in [-0.1, -0.05) is 18.3 Å². The highest BCUT2D eigenvalue weighted by Crippen LogP contribution is 2.24. The van der Waals surface area contributed by atoms with Gasteiger partial charge in [-0.2, -0.15) is 0 Å². The second-order valence-corrected chi connectivity index (χ2v) is 5.63. The first kappa shape index (κ1) is 13.2. The van der Waals surface area contributed by atoms with Gasteiger partial charge in [-0.3, -0.25) is 9.19 Å². The summed E-state index contributed by atoms with van der Waals surface area (Å²) in [6, 6.07) is 3.72. The Balaban J connectivity index is 0.00000128. The normalized spacial score (nSPS) is 11.8. The molecule has 0 spiro atoms. The van der Waals surface area contributed by atoms with E-state index in [4.69, 9.17) is 0 Å². The molecule has 0 aliphatic carbocycles. The first-order valence-electron chi connectivity index (χ1n) is 4.43. The third-order valence-corrected chi connectivity index (χ3v) is 4.36. The molecule has 0 N–H and O–H groups in total. The lowest BCUT2D eigenvalue weighted by Crippen LogP contribution is -1.92. The van der Waals surface area contributed by atoms with E-state index < -0.39 is 10.8 Å². The molecule has 86 valence electrons. The van der Waals surface area contributed by atoms with Crippen molar-refractivity contribution in [2.45, 2.75) is 11.3 Å². The number of nitrogens with zero attached hydrogens (tertiary/aromatic N) is 3. The van der Waals surface area contributed by atoms with Crippen LogP contribution >= 0.6 is 23.7 Å².